The summed E-state index contributed by atoms with van der Waals surface area (Å²) in [5.74, 6) is -4.53. The number of fused-ring (bicyclic) bond motifs is 1. The Balaban J connectivity index is 2.11. The molecule has 1 heterocycles. The Morgan fingerprint density at radius 2 is 1.63 bits per heavy atom. The predicted octanol–water partition coefficient (Wildman–Crippen LogP) is 2.22. The van der Waals surface area contributed by atoms with Crippen LogP contribution in [0.2, 0.25) is 0 Å². The van der Waals surface area contributed by atoms with E-state index >= 15 is 0 Å². The van der Waals surface area contributed by atoms with Gasteiger partial charge in [0.1, 0.15) is 12.5 Å². The van der Waals surface area contributed by atoms with E-state index in [0.29, 0.717) is 0 Å². The standard InChI is InChI=1S/C17H17F3N2O5/c1-9(2)7-12(21-13(23)8-17(18,19)20)16(26)27-22-14(24)10-5-3-4-6-11(10)15(22)25/h3-6,9,12H,7-8H2,1-2H3,(H,21,23)/t12-/m0/s1. The Bertz CT molecular complexity index is 741. The normalized spacial score (nSPS) is 15.0. The summed E-state index contributed by atoms with van der Waals surface area (Å²) in [5.41, 5.74) is 0.0774. The van der Waals surface area contributed by atoms with Gasteiger partial charge in [-0.2, -0.15) is 13.2 Å². The lowest BCUT2D eigenvalue weighted by molar-refractivity contribution is -0.173. The van der Waals surface area contributed by atoms with Gasteiger partial charge in [-0.1, -0.05) is 31.0 Å². The Hall–Kier alpha value is -2.91. The lowest BCUT2D eigenvalue weighted by Crippen LogP contribution is -2.46. The molecule has 146 valence electrons. The molecule has 0 fully saturated rings. The van der Waals surface area contributed by atoms with Crippen molar-refractivity contribution >= 4 is 23.7 Å². The SMILES string of the molecule is CC(C)C[C@H](NC(=O)CC(F)(F)F)C(=O)ON1C(=O)c2ccccc2C1=O. The zero-order chi connectivity index (χ0) is 20.4. The van der Waals surface area contributed by atoms with Crippen LogP contribution in [0, 0.1) is 5.92 Å². The minimum absolute atomic E-state index is 0.0361. The van der Waals surface area contributed by atoms with Crippen LogP contribution in [0.25, 0.3) is 0 Å². The van der Waals surface area contributed by atoms with Gasteiger partial charge < -0.3 is 10.2 Å². The van der Waals surface area contributed by atoms with Crippen LogP contribution in [0.5, 0.6) is 0 Å². The van der Waals surface area contributed by atoms with Crippen LogP contribution in [-0.4, -0.2) is 41.0 Å². The van der Waals surface area contributed by atoms with Crippen LogP contribution in [0.1, 0.15) is 47.4 Å². The second-order valence-electron chi connectivity index (χ2n) is 6.40. The number of carbonyl (C=O) groups is 4. The van der Waals surface area contributed by atoms with Crippen molar-refractivity contribution in [3.8, 4) is 0 Å². The number of nitrogens with one attached hydrogen (secondary N) is 1. The average molecular weight is 386 g/mol. The van der Waals surface area contributed by atoms with Crippen molar-refractivity contribution < 1.29 is 37.2 Å². The molecule has 27 heavy (non-hydrogen) atoms. The van der Waals surface area contributed by atoms with Gasteiger partial charge in [0.2, 0.25) is 5.91 Å². The van der Waals surface area contributed by atoms with Gasteiger partial charge in [-0.05, 0) is 24.5 Å². The van der Waals surface area contributed by atoms with Crippen molar-refractivity contribution in [1.29, 1.82) is 0 Å². The van der Waals surface area contributed by atoms with Gasteiger partial charge in [0.15, 0.2) is 0 Å². The number of carbonyl (C=O) groups excluding carboxylic acids is 4. The van der Waals surface area contributed by atoms with E-state index in [1.807, 2.05) is 5.32 Å². The highest BCUT2D eigenvalue weighted by Gasteiger charge is 2.40. The monoisotopic (exact) mass is 386 g/mol. The molecule has 3 amide bonds. The van der Waals surface area contributed by atoms with Crippen LogP contribution >= 0.6 is 0 Å². The van der Waals surface area contributed by atoms with Crippen molar-refractivity contribution in [3.05, 3.63) is 35.4 Å². The van der Waals surface area contributed by atoms with E-state index in [2.05, 4.69) is 0 Å². The number of hydrogen-bond acceptors (Lipinski definition) is 5. The number of benzene rings is 1. The molecule has 0 radical (unpaired) electrons. The van der Waals surface area contributed by atoms with E-state index in [1.165, 1.54) is 24.3 Å². The molecule has 0 bridgehead atoms. The van der Waals surface area contributed by atoms with Crippen LogP contribution in [0.3, 0.4) is 0 Å². The first-order valence-electron chi connectivity index (χ1n) is 8.05. The second kappa shape index (κ2) is 7.77. The van der Waals surface area contributed by atoms with Gasteiger partial charge in [0.25, 0.3) is 11.8 Å². The van der Waals surface area contributed by atoms with Crippen molar-refractivity contribution in [1.82, 2.24) is 10.4 Å². The van der Waals surface area contributed by atoms with Crippen molar-refractivity contribution in [2.24, 2.45) is 5.92 Å². The van der Waals surface area contributed by atoms with E-state index in [0.717, 1.165) is 0 Å². The number of alkyl halides is 3. The van der Waals surface area contributed by atoms with Crippen molar-refractivity contribution in [2.45, 2.75) is 38.9 Å². The molecule has 1 N–H and O–H groups in total. The lowest BCUT2D eigenvalue weighted by atomic mass is 10.0. The van der Waals surface area contributed by atoms with Crippen LogP contribution < -0.4 is 5.32 Å². The third-order valence-corrected chi connectivity index (χ3v) is 3.63. The highest BCUT2D eigenvalue weighted by atomic mass is 19.4. The quantitative estimate of drug-likeness (QED) is 0.757. The minimum Gasteiger partial charge on any atom is -0.342 e. The molecule has 10 heteroatoms. The third-order valence-electron chi connectivity index (χ3n) is 3.63. The molecule has 0 spiro atoms. The fourth-order valence-electron chi connectivity index (χ4n) is 2.52. The number of rotatable bonds is 6. The molecule has 0 saturated heterocycles. The second-order valence-corrected chi connectivity index (χ2v) is 6.40. The molecule has 1 atom stereocenters. The summed E-state index contributed by atoms with van der Waals surface area (Å²) in [6.45, 7) is 3.36. The highest BCUT2D eigenvalue weighted by Crippen LogP contribution is 2.23. The van der Waals surface area contributed by atoms with E-state index < -0.39 is 42.3 Å². The first-order valence-corrected chi connectivity index (χ1v) is 8.05. The summed E-state index contributed by atoms with van der Waals surface area (Å²) in [4.78, 5) is 53.0. The van der Waals surface area contributed by atoms with Crippen LogP contribution in [0.4, 0.5) is 13.2 Å². The smallest absolute Gasteiger partial charge is 0.342 e. The lowest BCUT2D eigenvalue weighted by Gasteiger charge is -2.21. The fourth-order valence-corrected chi connectivity index (χ4v) is 2.52. The number of halogens is 3. The van der Waals surface area contributed by atoms with E-state index in [1.54, 1.807) is 13.8 Å². The summed E-state index contributed by atoms with van der Waals surface area (Å²) in [6.07, 6.45) is -6.54. The summed E-state index contributed by atoms with van der Waals surface area (Å²) in [6, 6.07) is 4.35. The minimum atomic E-state index is -4.74. The van der Waals surface area contributed by atoms with Crippen LogP contribution in [0.15, 0.2) is 24.3 Å². The molecular weight excluding hydrogens is 369 g/mol. The maximum atomic E-state index is 12.3. The van der Waals surface area contributed by atoms with Gasteiger partial charge in [-0.25, -0.2) is 4.79 Å². The zero-order valence-corrected chi connectivity index (χ0v) is 14.5. The third kappa shape index (κ3) is 5.05. The van der Waals surface area contributed by atoms with Crippen molar-refractivity contribution in [2.75, 3.05) is 0 Å². The Kier molecular flexibility index (Phi) is 5.87. The Morgan fingerprint density at radius 3 is 2.07 bits per heavy atom. The van der Waals surface area contributed by atoms with Crippen LogP contribution in [-0.2, 0) is 14.4 Å². The summed E-state index contributed by atoms with van der Waals surface area (Å²) in [7, 11) is 0. The molecule has 1 aromatic rings. The predicted molar refractivity (Wildman–Crippen MR) is 85.1 cm³/mol. The number of hydrogen-bond donors (Lipinski definition) is 1. The summed E-state index contributed by atoms with van der Waals surface area (Å²) in [5, 5.41) is 2.19. The highest BCUT2D eigenvalue weighted by molar-refractivity contribution is 6.20. The molecular formula is C17H17F3N2O5. The number of hydroxylamine groups is 2. The average Bonchev–Trinajstić information content (AvgIpc) is 2.77. The zero-order valence-electron chi connectivity index (χ0n) is 14.5. The fraction of sp³-hybridized carbons (Fsp3) is 0.412. The van der Waals surface area contributed by atoms with Gasteiger partial charge >= 0.3 is 12.1 Å². The van der Waals surface area contributed by atoms with E-state index in [4.69, 9.17) is 4.84 Å². The topological polar surface area (TPSA) is 92.8 Å². The molecule has 0 aliphatic carbocycles. The Morgan fingerprint density at radius 1 is 1.11 bits per heavy atom. The van der Waals surface area contributed by atoms with E-state index in [9.17, 15) is 32.3 Å². The molecule has 0 aromatic heterocycles. The molecule has 0 unspecified atom stereocenters. The molecule has 1 aromatic carbocycles. The molecule has 1 aliphatic rings. The number of imide groups is 1. The van der Waals surface area contributed by atoms with E-state index in [-0.39, 0.29) is 28.5 Å². The summed E-state index contributed by atoms with van der Waals surface area (Å²) < 4.78 is 37.0. The van der Waals surface area contributed by atoms with Gasteiger partial charge in [-0.15, -0.1) is 0 Å². The summed E-state index contributed by atoms with van der Waals surface area (Å²) >= 11 is 0. The first kappa shape index (κ1) is 20.4. The maximum absolute atomic E-state index is 12.3. The number of amides is 3. The first-order chi connectivity index (χ1) is 12.5. The van der Waals surface area contributed by atoms with Gasteiger partial charge in [0, 0.05) is 0 Å². The molecule has 1 aliphatic heterocycles. The number of nitrogens with zero attached hydrogens (tertiary/aromatic N) is 1. The van der Waals surface area contributed by atoms with Gasteiger partial charge in [0.05, 0.1) is 11.1 Å². The molecule has 2 rings (SSSR count). The maximum Gasteiger partial charge on any atom is 0.397 e. The largest absolute Gasteiger partial charge is 0.397 e. The van der Waals surface area contributed by atoms with Crippen molar-refractivity contribution in [3.63, 3.8) is 0 Å². The molecule has 0 saturated carbocycles. The molecule has 7 nitrogen and oxygen atoms in total. The van der Waals surface area contributed by atoms with Gasteiger partial charge in [-0.3, -0.25) is 14.4 Å². The Labute approximate surface area is 152 Å².